The van der Waals surface area contributed by atoms with Gasteiger partial charge in [-0.05, 0) is 0 Å². The minimum absolute atomic E-state index is 0.530. The molecule has 0 atom stereocenters. The summed E-state index contributed by atoms with van der Waals surface area (Å²) in [7, 11) is 0. The van der Waals surface area contributed by atoms with Gasteiger partial charge in [0, 0.05) is 0 Å². The molecular weight excluding hydrogens is 405 g/mol. The fourth-order valence-electron chi connectivity index (χ4n) is 0. The zero-order valence-corrected chi connectivity index (χ0v) is 9.61. The average molecular weight is 411 g/mol. The third-order valence-corrected chi connectivity index (χ3v) is 0. The van der Waals surface area contributed by atoms with Crippen LogP contribution in [-0.4, -0.2) is 0 Å². The van der Waals surface area contributed by atoms with Gasteiger partial charge in [-0.2, -0.15) is 0 Å². The topological polar surface area (TPSA) is 0 Å². The average Bonchev–Trinajstić information content (AvgIpc) is 1.46. The van der Waals surface area contributed by atoms with E-state index in [1.165, 1.54) is 0 Å². The van der Waals surface area contributed by atoms with Crippen LogP contribution in [0.1, 0.15) is 13.8 Å². The van der Waals surface area contributed by atoms with Crippen LogP contribution in [0.25, 0.3) is 0 Å². The third kappa shape index (κ3) is 22.7. The van der Waals surface area contributed by atoms with Crippen molar-refractivity contribution in [3.05, 3.63) is 0 Å². The first kappa shape index (κ1) is 10.2. The molecule has 0 nitrogen and oxygen atoms in total. The van der Waals surface area contributed by atoms with Crippen LogP contribution in [0.15, 0.2) is 0 Å². The molecule has 0 saturated carbocycles. The molecule has 0 aliphatic carbocycles. The number of rotatable bonds is 0. The Hall–Kier alpha value is 2.19. The van der Waals surface area contributed by atoms with Crippen LogP contribution >= 0.6 is 37.2 Å². The molecule has 0 bridgehead atoms. The summed E-state index contributed by atoms with van der Waals surface area (Å²) in [5.74, 6) is 0. The first-order chi connectivity index (χ1) is 2.41. The van der Waals surface area contributed by atoms with E-state index in [1.54, 1.807) is 0 Å². The van der Waals surface area contributed by atoms with E-state index in [0.717, 1.165) is 0 Å². The minimum atomic E-state index is 0.530. The molecule has 0 saturated heterocycles. The summed E-state index contributed by atoms with van der Waals surface area (Å²) in [5, 5.41) is 0. The molecule has 0 aliphatic heterocycles. The first-order valence-corrected chi connectivity index (χ1v) is 13.9. The van der Waals surface area contributed by atoms with E-state index in [4.69, 9.17) is 0 Å². The predicted octanol–water partition coefficient (Wildman–Crippen LogP) is -0.198. The molecule has 0 aromatic carbocycles. The summed E-state index contributed by atoms with van der Waals surface area (Å²) < 4.78 is 0. The van der Waals surface area contributed by atoms with Crippen molar-refractivity contribution in [2.45, 2.75) is 13.8 Å². The van der Waals surface area contributed by atoms with Crippen molar-refractivity contribution in [1.82, 2.24) is 0 Å². The van der Waals surface area contributed by atoms with Crippen LogP contribution < -0.4 is 13.3 Å². The van der Waals surface area contributed by atoms with E-state index in [-0.39, 0.29) is 0 Å². The fraction of sp³-hybridized carbons (Fsp3) is 1.00. The van der Waals surface area contributed by atoms with Crippen molar-refractivity contribution in [2.24, 2.45) is 0 Å². The summed E-state index contributed by atoms with van der Waals surface area (Å²) in [6, 6.07) is 0. The van der Waals surface area contributed by atoms with Crippen LogP contribution in [0.2, 0.25) is 0 Å². The van der Waals surface area contributed by atoms with Crippen molar-refractivity contribution >= 4 is 37.2 Å². The molecule has 0 spiro atoms. The van der Waals surface area contributed by atoms with Gasteiger partial charge in [-0.25, -0.2) is 0 Å². The molecule has 0 fully saturated rings. The van der Waals surface area contributed by atoms with E-state index in [0.29, 0.717) is 13.3 Å². The first-order valence-electron chi connectivity index (χ1n) is 1.29. The molecule has 0 aromatic rings. The molecule has 0 N–H and O–H groups in total. The third-order valence-electron chi connectivity index (χ3n) is 0. The molecule has 0 rings (SSSR count). The molecule has 0 unspecified atom stereocenters. The van der Waals surface area contributed by atoms with Crippen LogP contribution in [0.5, 0.6) is 0 Å². The van der Waals surface area contributed by atoms with Crippen LogP contribution in [-0.2, 0) is 0 Å². The Kier molecular flexibility index (Phi) is 33.5. The summed E-state index contributed by atoms with van der Waals surface area (Å²) in [4.78, 5) is 0. The Bertz CT molecular complexity index is 4.85. The molecule has 0 aromatic heterocycles. The monoisotopic (exact) mass is 411 g/mol. The quantitative estimate of drug-likeness (QED) is 0.485. The Balaban J connectivity index is 0. The maximum absolute atomic E-state index is 2.39. The molecule has 0 radical (unpaired) electrons. The molecule has 0 heterocycles. The Morgan fingerprint density at radius 1 is 1.20 bits per heavy atom. The van der Waals surface area contributed by atoms with Crippen molar-refractivity contribution in [3.8, 4) is 0 Å². The Labute approximate surface area is 63.1 Å². The molecular formula is C2H6I3-. The van der Waals surface area contributed by atoms with Crippen LogP contribution in [0.4, 0.5) is 0 Å². The van der Waals surface area contributed by atoms with Gasteiger partial charge in [-0.1, -0.05) is 13.8 Å². The SMILES string of the molecule is CC.I[I-]I. The number of halogens is 3. The van der Waals surface area contributed by atoms with Gasteiger partial charge >= 0.3 is 50.5 Å². The molecule has 3 heteroatoms. The van der Waals surface area contributed by atoms with Gasteiger partial charge in [0.25, 0.3) is 0 Å². The molecule has 0 amide bonds. The van der Waals surface area contributed by atoms with Gasteiger partial charge in [0.05, 0.1) is 0 Å². The van der Waals surface area contributed by atoms with Gasteiger partial charge in [0.1, 0.15) is 0 Å². The number of hydrogen-bond donors (Lipinski definition) is 0. The fourth-order valence-corrected chi connectivity index (χ4v) is 0. The summed E-state index contributed by atoms with van der Waals surface area (Å²) in [6.45, 7) is 4.00. The molecule has 0 aliphatic rings. The van der Waals surface area contributed by atoms with Crippen LogP contribution in [0.3, 0.4) is 0 Å². The standard InChI is InChI=1S/C2H6.I3/c1-2;1-3-2/h1-2H3;/q;-1. The van der Waals surface area contributed by atoms with E-state index < -0.39 is 0 Å². The van der Waals surface area contributed by atoms with Crippen molar-refractivity contribution in [3.63, 3.8) is 0 Å². The summed E-state index contributed by atoms with van der Waals surface area (Å²) in [5.41, 5.74) is 0. The normalized spacial score (nSPS) is 5.60. The zero-order chi connectivity index (χ0) is 4.71. The summed E-state index contributed by atoms with van der Waals surface area (Å²) >= 11 is 5.30. The van der Waals surface area contributed by atoms with Crippen molar-refractivity contribution in [2.75, 3.05) is 0 Å². The second-order valence-corrected chi connectivity index (χ2v) is 16.3. The van der Waals surface area contributed by atoms with Crippen LogP contribution in [0, 0.1) is 0 Å². The van der Waals surface area contributed by atoms with Gasteiger partial charge < -0.3 is 0 Å². The van der Waals surface area contributed by atoms with Gasteiger partial charge in [0.2, 0.25) is 0 Å². The summed E-state index contributed by atoms with van der Waals surface area (Å²) in [6.07, 6.45) is 0. The van der Waals surface area contributed by atoms with Gasteiger partial charge in [0.15, 0.2) is 0 Å². The molecule has 5 heavy (non-hydrogen) atoms. The second-order valence-electron chi connectivity index (χ2n) is 0.0540. The van der Waals surface area contributed by atoms with E-state index >= 15 is 0 Å². The van der Waals surface area contributed by atoms with Gasteiger partial charge in [-0.15, -0.1) is 0 Å². The van der Waals surface area contributed by atoms with Crippen molar-refractivity contribution < 1.29 is 13.3 Å². The second kappa shape index (κ2) is 16.4. The van der Waals surface area contributed by atoms with E-state index in [2.05, 4.69) is 37.2 Å². The number of hydrogen-bond acceptors (Lipinski definition) is 0. The maximum atomic E-state index is 2.39. The van der Waals surface area contributed by atoms with Crippen molar-refractivity contribution in [1.29, 1.82) is 0 Å². The van der Waals surface area contributed by atoms with E-state index in [1.807, 2.05) is 13.8 Å². The zero-order valence-electron chi connectivity index (χ0n) is 3.13. The van der Waals surface area contributed by atoms with Gasteiger partial charge in [-0.3, -0.25) is 0 Å². The van der Waals surface area contributed by atoms with E-state index in [9.17, 15) is 0 Å². The Morgan fingerprint density at radius 2 is 1.20 bits per heavy atom. The Morgan fingerprint density at radius 3 is 1.20 bits per heavy atom. The predicted molar refractivity (Wildman–Crippen MR) is 39.4 cm³/mol. The molecule has 36 valence electrons.